The van der Waals surface area contributed by atoms with Crippen molar-refractivity contribution in [1.29, 1.82) is 0 Å². The molecule has 0 heterocycles. The lowest BCUT2D eigenvalue weighted by molar-refractivity contribution is -0.888. The van der Waals surface area contributed by atoms with Gasteiger partial charge in [0.05, 0.1) is 33.8 Å². The quantitative estimate of drug-likeness (QED) is 0.413. The number of esters is 1. The summed E-state index contributed by atoms with van der Waals surface area (Å²) in [5.74, 6) is -0.175. The van der Waals surface area contributed by atoms with Gasteiger partial charge in [-0.2, -0.15) is 0 Å². The Hall–Kier alpha value is -1.55. The third-order valence-electron chi connectivity index (χ3n) is 3.57. The number of ether oxygens (including phenoxy) is 1. The molecule has 0 saturated heterocycles. The number of carbonyl (C=O) groups excluding carboxylic acids is 1. The van der Waals surface area contributed by atoms with Gasteiger partial charge in [-0.1, -0.05) is 24.3 Å². The molecule has 20 heavy (non-hydrogen) atoms. The highest BCUT2D eigenvalue weighted by atomic mass is 16.5. The number of hydrogen-bond acceptors (Lipinski definition) is 3. The maximum absolute atomic E-state index is 11.6. The van der Waals surface area contributed by atoms with Crippen molar-refractivity contribution in [2.75, 3.05) is 33.8 Å². The molecule has 0 saturated carbocycles. The fourth-order valence-corrected chi connectivity index (χ4v) is 1.81. The van der Waals surface area contributed by atoms with E-state index in [0.29, 0.717) is 19.4 Å². The minimum absolute atomic E-state index is 0.00649. The Bertz CT molecular complexity index is 412. The van der Waals surface area contributed by atoms with E-state index in [9.17, 15) is 9.90 Å². The molecular formula is C16H25NO3. The Balaban J connectivity index is 2.16. The Morgan fingerprint density at radius 2 is 1.90 bits per heavy atom. The van der Waals surface area contributed by atoms with Crippen LogP contribution in [0.1, 0.15) is 25.3 Å². The highest BCUT2D eigenvalue weighted by Gasteiger charge is 2.11. The molecule has 0 atom stereocenters. The summed E-state index contributed by atoms with van der Waals surface area (Å²) in [5, 5.41) is 10.9. The van der Waals surface area contributed by atoms with Crippen LogP contribution in [0, 0.1) is 0 Å². The maximum atomic E-state index is 11.6. The summed E-state index contributed by atoms with van der Waals surface area (Å²) in [6.07, 6.45) is 1.87. The normalized spacial score (nSPS) is 11.3. The number of hydrogen-bond donors (Lipinski definition) is 0. The fourth-order valence-electron chi connectivity index (χ4n) is 1.81. The Morgan fingerprint density at radius 3 is 2.50 bits per heavy atom. The first-order valence-electron chi connectivity index (χ1n) is 7.16. The Labute approximate surface area is 121 Å². The van der Waals surface area contributed by atoms with Crippen molar-refractivity contribution in [2.45, 2.75) is 26.2 Å². The molecule has 0 aromatic heterocycles. The monoisotopic (exact) mass is 279 g/mol. The molecule has 1 aromatic rings. The van der Waals surface area contributed by atoms with Crippen LogP contribution in [0.2, 0.25) is 0 Å². The lowest BCUT2D eigenvalue weighted by Crippen LogP contribution is -2.40. The summed E-state index contributed by atoms with van der Waals surface area (Å²) in [6, 6.07) is 6.56. The van der Waals surface area contributed by atoms with Crippen LogP contribution >= 0.6 is 0 Å². The molecule has 0 aliphatic carbocycles. The molecule has 0 N–H and O–H groups in total. The SMILES string of the molecule is CC[N+](C)(C)CCCOC(=O)CCc1ccc([O-])cc1. The highest BCUT2D eigenvalue weighted by Crippen LogP contribution is 2.09. The zero-order valence-corrected chi connectivity index (χ0v) is 12.7. The van der Waals surface area contributed by atoms with Crippen LogP contribution in [0.25, 0.3) is 0 Å². The van der Waals surface area contributed by atoms with Gasteiger partial charge in [0.1, 0.15) is 0 Å². The van der Waals surface area contributed by atoms with E-state index in [1.54, 1.807) is 12.1 Å². The largest absolute Gasteiger partial charge is 0.872 e. The average Bonchev–Trinajstić information content (AvgIpc) is 2.43. The molecule has 112 valence electrons. The van der Waals surface area contributed by atoms with Crippen LogP contribution in [-0.2, 0) is 16.0 Å². The van der Waals surface area contributed by atoms with Gasteiger partial charge in [0.15, 0.2) is 0 Å². The predicted molar refractivity (Wildman–Crippen MR) is 77.3 cm³/mol. The minimum atomic E-state index is -0.169. The van der Waals surface area contributed by atoms with Gasteiger partial charge in [0.2, 0.25) is 0 Å². The molecule has 4 heteroatoms. The Kier molecular flexibility index (Phi) is 6.52. The van der Waals surface area contributed by atoms with Gasteiger partial charge < -0.3 is 14.3 Å². The number of nitrogens with zero attached hydrogens (tertiary/aromatic N) is 1. The van der Waals surface area contributed by atoms with Crippen LogP contribution in [-0.4, -0.2) is 44.2 Å². The third kappa shape index (κ3) is 6.57. The van der Waals surface area contributed by atoms with Gasteiger partial charge in [0, 0.05) is 12.8 Å². The van der Waals surface area contributed by atoms with Gasteiger partial charge >= 0.3 is 5.97 Å². The summed E-state index contributed by atoms with van der Waals surface area (Å²) < 4.78 is 6.16. The summed E-state index contributed by atoms with van der Waals surface area (Å²) in [5.41, 5.74) is 0.991. The van der Waals surface area contributed by atoms with Crippen molar-refractivity contribution in [3.63, 3.8) is 0 Å². The van der Waals surface area contributed by atoms with E-state index >= 15 is 0 Å². The molecule has 1 rings (SSSR count). The van der Waals surface area contributed by atoms with E-state index in [0.717, 1.165) is 29.6 Å². The third-order valence-corrected chi connectivity index (χ3v) is 3.57. The summed E-state index contributed by atoms with van der Waals surface area (Å²) in [7, 11) is 4.34. The van der Waals surface area contributed by atoms with Gasteiger partial charge in [-0.3, -0.25) is 4.79 Å². The van der Waals surface area contributed by atoms with Crippen molar-refractivity contribution in [3.8, 4) is 5.75 Å². The van der Waals surface area contributed by atoms with Crippen LogP contribution in [0.15, 0.2) is 24.3 Å². The minimum Gasteiger partial charge on any atom is -0.872 e. The van der Waals surface area contributed by atoms with Gasteiger partial charge in [0.25, 0.3) is 0 Å². The number of quaternary nitrogens is 1. The predicted octanol–water partition coefficient (Wildman–Crippen LogP) is 1.72. The second-order valence-corrected chi connectivity index (χ2v) is 5.69. The molecule has 0 fully saturated rings. The van der Waals surface area contributed by atoms with E-state index in [-0.39, 0.29) is 11.7 Å². The van der Waals surface area contributed by atoms with Crippen molar-refractivity contribution in [2.24, 2.45) is 0 Å². The molecule has 0 bridgehead atoms. The van der Waals surface area contributed by atoms with Crippen molar-refractivity contribution >= 4 is 5.97 Å². The van der Waals surface area contributed by atoms with Crippen LogP contribution in [0.5, 0.6) is 5.75 Å². The zero-order chi connectivity index (χ0) is 15.0. The zero-order valence-electron chi connectivity index (χ0n) is 12.7. The molecule has 0 amide bonds. The topological polar surface area (TPSA) is 49.4 Å². The molecule has 0 aliphatic rings. The molecule has 4 nitrogen and oxygen atoms in total. The molecular weight excluding hydrogens is 254 g/mol. The number of carbonyl (C=O) groups is 1. The van der Waals surface area contributed by atoms with Gasteiger partial charge in [-0.05, 0) is 18.9 Å². The highest BCUT2D eigenvalue weighted by molar-refractivity contribution is 5.69. The second kappa shape index (κ2) is 7.90. The lowest BCUT2D eigenvalue weighted by atomic mass is 10.1. The molecule has 0 unspecified atom stereocenters. The standard InChI is InChI=1S/C16H25NO3/c1-4-17(2,3)12-5-13-20-16(19)11-8-14-6-9-15(18)10-7-14/h6-7,9-10H,4-5,8,11-13H2,1-3H3. The number of benzene rings is 1. The van der Waals surface area contributed by atoms with E-state index < -0.39 is 0 Å². The summed E-state index contributed by atoms with van der Waals surface area (Å²) in [6.45, 7) is 4.72. The first-order valence-corrected chi connectivity index (χ1v) is 7.16. The number of rotatable bonds is 8. The molecule has 1 aromatic carbocycles. The smallest absolute Gasteiger partial charge is 0.306 e. The van der Waals surface area contributed by atoms with Crippen LogP contribution in [0.3, 0.4) is 0 Å². The van der Waals surface area contributed by atoms with Crippen LogP contribution in [0.4, 0.5) is 0 Å². The van der Waals surface area contributed by atoms with Crippen molar-refractivity contribution < 1.29 is 19.1 Å². The summed E-state index contributed by atoms with van der Waals surface area (Å²) >= 11 is 0. The van der Waals surface area contributed by atoms with Gasteiger partial charge in [-0.25, -0.2) is 0 Å². The van der Waals surface area contributed by atoms with E-state index in [2.05, 4.69) is 21.0 Å². The Morgan fingerprint density at radius 1 is 1.25 bits per heavy atom. The summed E-state index contributed by atoms with van der Waals surface area (Å²) in [4.78, 5) is 11.6. The second-order valence-electron chi connectivity index (χ2n) is 5.69. The number of aryl methyl sites for hydroxylation is 1. The van der Waals surface area contributed by atoms with Crippen LogP contribution < -0.4 is 5.11 Å². The molecule has 0 radical (unpaired) electrons. The molecule has 0 spiro atoms. The van der Waals surface area contributed by atoms with Gasteiger partial charge in [-0.15, -0.1) is 5.75 Å². The van der Waals surface area contributed by atoms with Crippen molar-refractivity contribution in [3.05, 3.63) is 29.8 Å². The fraction of sp³-hybridized carbons (Fsp3) is 0.562. The molecule has 0 aliphatic heterocycles. The lowest BCUT2D eigenvalue weighted by Gasteiger charge is -2.27. The maximum Gasteiger partial charge on any atom is 0.306 e. The first-order chi connectivity index (χ1) is 9.43. The average molecular weight is 279 g/mol. The van der Waals surface area contributed by atoms with E-state index in [4.69, 9.17) is 4.74 Å². The van der Waals surface area contributed by atoms with E-state index in [1.807, 2.05) is 0 Å². The van der Waals surface area contributed by atoms with Crippen molar-refractivity contribution in [1.82, 2.24) is 0 Å². The first kappa shape index (κ1) is 16.5. The van der Waals surface area contributed by atoms with E-state index in [1.165, 1.54) is 12.1 Å².